The lowest BCUT2D eigenvalue weighted by Gasteiger charge is -2.31. The van der Waals surface area contributed by atoms with Crippen molar-refractivity contribution in [1.82, 2.24) is 4.90 Å². The molecular weight excluding hydrogens is 286 g/mol. The van der Waals surface area contributed by atoms with Crippen molar-refractivity contribution in [1.29, 1.82) is 0 Å². The van der Waals surface area contributed by atoms with Gasteiger partial charge in [-0.15, -0.1) is 0 Å². The van der Waals surface area contributed by atoms with E-state index in [9.17, 15) is 14.4 Å². The van der Waals surface area contributed by atoms with Gasteiger partial charge in [0, 0.05) is 33.4 Å². The van der Waals surface area contributed by atoms with E-state index < -0.39 is 24.1 Å². The van der Waals surface area contributed by atoms with Crippen molar-refractivity contribution in [2.45, 2.75) is 39.8 Å². The summed E-state index contributed by atoms with van der Waals surface area (Å²) < 4.78 is 10.5. The predicted molar refractivity (Wildman–Crippen MR) is 80.2 cm³/mol. The Morgan fingerprint density at radius 1 is 1.05 bits per heavy atom. The summed E-state index contributed by atoms with van der Waals surface area (Å²) in [7, 11) is 1.62. The lowest BCUT2D eigenvalue weighted by Crippen LogP contribution is -2.39. The number of amides is 1. The van der Waals surface area contributed by atoms with E-state index in [0.29, 0.717) is 11.3 Å². The van der Waals surface area contributed by atoms with Gasteiger partial charge in [-0.25, -0.2) is 0 Å². The second-order valence-corrected chi connectivity index (χ2v) is 5.03. The Kier molecular flexibility index (Phi) is 6.10. The number of hydrogen-bond donors (Lipinski definition) is 0. The number of likely N-dealkylation sites (N-methyl/N-ethyl adjacent to an activating group) is 1. The summed E-state index contributed by atoms with van der Waals surface area (Å²) >= 11 is 0. The van der Waals surface area contributed by atoms with Crippen molar-refractivity contribution in [3.63, 3.8) is 0 Å². The summed E-state index contributed by atoms with van der Waals surface area (Å²) in [6.45, 7) is 5.78. The lowest BCUT2D eigenvalue weighted by atomic mass is 10.0. The van der Waals surface area contributed by atoms with Crippen LogP contribution < -0.4 is 4.74 Å². The molecule has 2 atom stereocenters. The molecule has 0 fully saturated rings. The summed E-state index contributed by atoms with van der Waals surface area (Å²) in [6.07, 6.45) is -0.734. The molecule has 0 bridgehead atoms. The second-order valence-electron chi connectivity index (χ2n) is 5.03. The fourth-order valence-electron chi connectivity index (χ4n) is 2.05. The first-order chi connectivity index (χ1) is 10.2. The Morgan fingerprint density at radius 2 is 1.64 bits per heavy atom. The van der Waals surface area contributed by atoms with Crippen LogP contribution in [0.5, 0.6) is 5.75 Å². The number of para-hydroxylation sites is 1. The fraction of sp³-hybridized carbons (Fsp3) is 0.438. The Hall–Kier alpha value is -2.37. The molecule has 0 spiro atoms. The van der Waals surface area contributed by atoms with E-state index >= 15 is 0 Å². The topological polar surface area (TPSA) is 72.9 Å². The molecule has 6 heteroatoms. The Bertz CT molecular complexity index is 569. The Morgan fingerprint density at radius 3 is 2.14 bits per heavy atom. The SMILES string of the molecule is CC(=O)Oc1ccccc1C(OC(C)=O)C(C)N(C)C(C)=O. The van der Waals surface area contributed by atoms with E-state index in [2.05, 4.69) is 0 Å². The van der Waals surface area contributed by atoms with E-state index in [4.69, 9.17) is 9.47 Å². The maximum absolute atomic E-state index is 11.6. The summed E-state index contributed by atoms with van der Waals surface area (Å²) in [5, 5.41) is 0. The number of ether oxygens (including phenoxy) is 2. The predicted octanol–water partition coefficient (Wildman–Crippen LogP) is 2.08. The van der Waals surface area contributed by atoms with Crippen molar-refractivity contribution in [3.8, 4) is 5.75 Å². The van der Waals surface area contributed by atoms with Crippen LogP contribution in [0.3, 0.4) is 0 Å². The summed E-state index contributed by atoms with van der Waals surface area (Å²) in [6, 6.07) is 6.37. The van der Waals surface area contributed by atoms with Crippen LogP contribution >= 0.6 is 0 Å². The van der Waals surface area contributed by atoms with Gasteiger partial charge in [0.15, 0.2) is 6.10 Å². The van der Waals surface area contributed by atoms with Crippen LogP contribution in [0.4, 0.5) is 0 Å². The lowest BCUT2D eigenvalue weighted by molar-refractivity contribution is -0.152. The molecule has 0 saturated heterocycles. The van der Waals surface area contributed by atoms with Crippen LogP contribution in [0.25, 0.3) is 0 Å². The molecule has 1 amide bonds. The van der Waals surface area contributed by atoms with Crippen molar-refractivity contribution < 1.29 is 23.9 Å². The number of benzene rings is 1. The van der Waals surface area contributed by atoms with Crippen molar-refractivity contribution in [2.75, 3.05) is 7.05 Å². The highest BCUT2D eigenvalue weighted by Gasteiger charge is 2.29. The molecule has 1 aromatic carbocycles. The summed E-state index contributed by atoms with van der Waals surface area (Å²) in [4.78, 5) is 35.7. The fourth-order valence-corrected chi connectivity index (χ4v) is 2.05. The van der Waals surface area contributed by atoms with Crippen LogP contribution in [0, 0.1) is 0 Å². The van der Waals surface area contributed by atoms with Crippen molar-refractivity contribution >= 4 is 17.8 Å². The van der Waals surface area contributed by atoms with E-state index in [1.807, 2.05) is 0 Å². The van der Waals surface area contributed by atoms with Crippen molar-refractivity contribution in [2.24, 2.45) is 0 Å². The molecule has 0 radical (unpaired) electrons. The van der Waals surface area contributed by atoms with Crippen LogP contribution in [-0.4, -0.2) is 35.8 Å². The van der Waals surface area contributed by atoms with E-state index in [1.165, 1.54) is 25.7 Å². The molecule has 0 heterocycles. The highest BCUT2D eigenvalue weighted by molar-refractivity contribution is 5.74. The molecule has 6 nitrogen and oxygen atoms in total. The molecular formula is C16H21NO5. The third kappa shape index (κ3) is 4.58. The van der Waals surface area contributed by atoms with Crippen LogP contribution in [0.1, 0.15) is 39.4 Å². The number of carbonyl (C=O) groups is 3. The smallest absolute Gasteiger partial charge is 0.308 e. The third-order valence-corrected chi connectivity index (χ3v) is 3.32. The summed E-state index contributed by atoms with van der Waals surface area (Å²) in [5.74, 6) is -0.798. The quantitative estimate of drug-likeness (QED) is 0.615. The molecule has 0 aromatic heterocycles. The molecule has 1 aromatic rings. The zero-order chi connectivity index (χ0) is 16.9. The Labute approximate surface area is 130 Å². The van der Waals surface area contributed by atoms with Gasteiger partial charge < -0.3 is 14.4 Å². The minimum atomic E-state index is -0.734. The van der Waals surface area contributed by atoms with Gasteiger partial charge in [0.05, 0.1) is 6.04 Å². The van der Waals surface area contributed by atoms with E-state index in [1.54, 1.807) is 38.2 Å². The van der Waals surface area contributed by atoms with Crippen LogP contribution in [0.15, 0.2) is 24.3 Å². The van der Waals surface area contributed by atoms with Gasteiger partial charge in [0.25, 0.3) is 0 Å². The zero-order valence-corrected chi connectivity index (χ0v) is 13.5. The molecule has 22 heavy (non-hydrogen) atoms. The number of rotatable bonds is 5. The number of carbonyl (C=O) groups excluding carboxylic acids is 3. The van der Waals surface area contributed by atoms with Gasteiger partial charge in [-0.2, -0.15) is 0 Å². The molecule has 2 unspecified atom stereocenters. The van der Waals surface area contributed by atoms with Crippen LogP contribution in [-0.2, 0) is 19.1 Å². The molecule has 0 aliphatic carbocycles. The average molecular weight is 307 g/mol. The minimum absolute atomic E-state index is 0.158. The molecule has 0 N–H and O–H groups in total. The molecule has 0 aliphatic heterocycles. The molecule has 0 saturated carbocycles. The van der Waals surface area contributed by atoms with Gasteiger partial charge >= 0.3 is 11.9 Å². The number of esters is 2. The maximum atomic E-state index is 11.6. The van der Waals surface area contributed by atoms with Crippen LogP contribution in [0.2, 0.25) is 0 Å². The highest BCUT2D eigenvalue weighted by Crippen LogP contribution is 2.32. The number of nitrogens with zero attached hydrogens (tertiary/aromatic N) is 1. The zero-order valence-electron chi connectivity index (χ0n) is 13.5. The van der Waals surface area contributed by atoms with E-state index in [-0.39, 0.29) is 5.91 Å². The monoisotopic (exact) mass is 307 g/mol. The molecule has 0 aliphatic rings. The normalized spacial score (nSPS) is 13.0. The van der Waals surface area contributed by atoms with E-state index in [0.717, 1.165) is 0 Å². The maximum Gasteiger partial charge on any atom is 0.308 e. The minimum Gasteiger partial charge on any atom is -0.455 e. The summed E-state index contributed by atoms with van der Waals surface area (Å²) in [5.41, 5.74) is 0.536. The first-order valence-electron chi connectivity index (χ1n) is 6.92. The first-order valence-corrected chi connectivity index (χ1v) is 6.92. The van der Waals surface area contributed by atoms with Gasteiger partial charge in [0.1, 0.15) is 5.75 Å². The van der Waals surface area contributed by atoms with Gasteiger partial charge in [0.2, 0.25) is 5.91 Å². The molecule has 120 valence electrons. The highest BCUT2D eigenvalue weighted by atomic mass is 16.6. The average Bonchev–Trinajstić information content (AvgIpc) is 2.43. The largest absolute Gasteiger partial charge is 0.455 e. The molecule has 1 rings (SSSR count). The Balaban J connectivity index is 3.25. The first kappa shape index (κ1) is 17.7. The van der Waals surface area contributed by atoms with Crippen molar-refractivity contribution in [3.05, 3.63) is 29.8 Å². The van der Waals surface area contributed by atoms with Gasteiger partial charge in [-0.3, -0.25) is 14.4 Å². The standard InChI is InChI=1S/C16H21NO5/c1-10(17(5)11(2)18)16(22-13(4)20)14-8-6-7-9-15(14)21-12(3)19/h6-10,16H,1-5H3. The number of hydrogen-bond acceptors (Lipinski definition) is 5. The van der Waals surface area contributed by atoms with Gasteiger partial charge in [-0.1, -0.05) is 18.2 Å². The third-order valence-electron chi connectivity index (χ3n) is 3.32. The van der Waals surface area contributed by atoms with Gasteiger partial charge in [-0.05, 0) is 13.0 Å². The second kappa shape index (κ2) is 7.59.